The van der Waals surface area contributed by atoms with E-state index in [4.69, 9.17) is 23.2 Å². The lowest BCUT2D eigenvalue weighted by Crippen LogP contribution is -2.46. The Hall–Kier alpha value is -2.66. The summed E-state index contributed by atoms with van der Waals surface area (Å²) in [6.45, 7) is 3.04. The molecule has 0 unspecified atom stereocenters. The van der Waals surface area contributed by atoms with Crippen molar-refractivity contribution in [2.75, 3.05) is 13.1 Å². The van der Waals surface area contributed by atoms with Gasteiger partial charge in [-0.15, -0.1) is 0 Å². The maximum absolute atomic E-state index is 14.4. The predicted molar refractivity (Wildman–Crippen MR) is 137 cm³/mol. The van der Waals surface area contributed by atoms with Gasteiger partial charge in [0, 0.05) is 18.9 Å². The van der Waals surface area contributed by atoms with Crippen molar-refractivity contribution in [1.29, 1.82) is 0 Å². The molecule has 2 aromatic heterocycles. The number of hydrogen-bond donors (Lipinski definition) is 1. The molecule has 2 saturated carbocycles. The van der Waals surface area contributed by atoms with Crippen molar-refractivity contribution in [3.05, 3.63) is 45.5 Å². The summed E-state index contributed by atoms with van der Waals surface area (Å²) in [4.78, 5) is 43.4. The summed E-state index contributed by atoms with van der Waals surface area (Å²) >= 11 is 12.2. The lowest BCUT2D eigenvalue weighted by Gasteiger charge is -2.42. The molecule has 0 aromatic carbocycles. The summed E-state index contributed by atoms with van der Waals surface area (Å²) in [6, 6.07) is -0.718. The molecule has 39 heavy (non-hydrogen) atoms. The second-order valence-electron chi connectivity index (χ2n) is 11.2. The van der Waals surface area contributed by atoms with Crippen molar-refractivity contribution in [2.45, 2.75) is 71.0 Å². The third-order valence-corrected chi connectivity index (χ3v) is 8.68. The molecule has 212 valence electrons. The first kappa shape index (κ1) is 29.3. The predicted octanol–water partition coefficient (Wildman–Crippen LogP) is 6.33. The largest absolute Gasteiger partial charge is 0.481 e. The number of carboxylic acid groups (broad SMARTS) is 1. The summed E-state index contributed by atoms with van der Waals surface area (Å²) in [5, 5.41) is 13.4. The summed E-state index contributed by atoms with van der Waals surface area (Å²) in [6.07, 6.45) is 1.57. The van der Waals surface area contributed by atoms with Crippen molar-refractivity contribution in [3.63, 3.8) is 0 Å². The first-order valence-corrected chi connectivity index (χ1v) is 13.4. The molecule has 4 rings (SSSR count). The smallest absolute Gasteiger partial charge is 0.433 e. The monoisotopic (exact) mass is 588 g/mol. The van der Waals surface area contributed by atoms with Gasteiger partial charge in [0.1, 0.15) is 0 Å². The molecule has 13 heteroatoms. The number of halogens is 5. The average Bonchev–Trinajstić information content (AvgIpc) is 3.28. The second kappa shape index (κ2) is 10.7. The Bertz CT molecular complexity index is 1260. The van der Waals surface area contributed by atoms with Crippen LogP contribution in [-0.2, 0) is 11.0 Å². The van der Waals surface area contributed by atoms with Crippen molar-refractivity contribution >= 4 is 40.9 Å². The molecule has 0 aliphatic heterocycles. The molecule has 1 amide bonds. The summed E-state index contributed by atoms with van der Waals surface area (Å²) in [5.74, 6) is -2.58. The molecule has 2 heterocycles. The molecule has 0 saturated heterocycles. The fourth-order valence-corrected chi connectivity index (χ4v) is 6.05. The van der Waals surface area contributed by atoms with Crippen molar-refractivity contribution in [2.24, 2.45) is 10.8 Å². The molecule has 2 aliphatic carbocycles. The van der Waals surface area contributed by atoms with E-state index in [2.05, 4.69) is 10.1 Å². The quantitative estimate of drug-likeness (QED) is 0.361. The van der Waals surface area contributed by atoms with Crippen molar-refractivity contribution in [1.82, 2.24) is 19.7 Å². The molecule has 2 aromatic rings. The number of carboxylic acids is 1. The van der Waals surface area contributed by atoms with Crippen LogP contribution in [0.2, 0.25) is 10.0 Å². The Morgan fingerprint density at radius 3 is 2.15 bits per heavy atom. The molecule has 2 fully saturated rings. The Morgan fingerprint density at radius 2 is 1.67 bits per heavy atom. The van der Waals surface area contributed by atoms with E-state index in [1.807, 2.05) is 6.92 Å². The number of nitrogens with zero attached hydrogens (tertiary/aromatic N) is 4. The van der Waals surface area contributed by atoms with Gasteiger partial charge in [0.15, 0.2) is 11.5 Å². The number of hydrogen-bond acceptors (Lipinski definition) is 5. The Morgan fingerprint density at radius 1 is 1.08 bits per heavy atom. The normalized spacial score (nSPS) is 22.7. The van der Waals surface area contributed by atoms with Crippen molar-refractivity contribution in [3.8, 4) is 0 Å². The molecule has 0 radical (unpaired) electrons. The zero-order valence-electron chi connectivity index (χ0n) is 21.5. The number of ketones is 1. The highest BCUT2D eigenvalue weighted by Gasteiger charge is 2.46. The van der Waals surface area contributed by atoms with Crippen LogP contribution in [0.3, 0.4) is 0 Å². The maximum atomic E-state index is 14.4. The van der Waals surface area contributed by atoms with Crippen LogP contribution in [0.1, 0.15) is 91.2 Å². The number of carbonyl (C=O) groups excluding carboxylic acids is 2. The van der Waals surface area contributed by atoms with E-state index < -0.39 is 53.1 Å². The number of aliphatic carboxylic acids is 1. The van der Waals surface area contributed by atoms with E-state index in [0.29, 0.717) is 0 Å². The van der Waals surface area contributed by atoms with Crippen LogP contribution in [0.15, 0.2) is 18.6 Å². The fourth-order valence-electron chi connectivity index (χ4n) is 5.48. The van der Waals surface area contributed by atoms with Gasteiger partial charge in [0.2, 0.25) is 0 Å². The van der Waals surface area contributed by atoms with Crippen LogP contribution in [0.5, 0.6) is 0 Å². The third-order valence-electron chi connectivity index (χ3n) is 8.10. The van der Waals surface area contributed by atoms with Gasteiger partial charge in [0.05, 0.1) is 45.4 Å². The lowest BCUT2D eigenvalue weighted by atomic mass is 9.70. The highest BCUT2D eigenvalue weighted by atomic mass is 35.5. The number of aromatic nitrogens is 3. The Kier molecular flexibility index (Phi) is 8.06. The van der Waals surface area contributed by atoms with Gasteiger partial charge in [0.25, 0.3) is 5.91 Å². The minimum absolute atomic E-state index is 0.0239. The minimum Gasteiger partial charge on any atom is -0.481 e. The zero-order valence-corrected chi connectivity index (χ0v) is 23.0. The van der Waals surface area contributed by atoms with Gasteiger partial charge in [-0.2, -0.15) is 18.3 Å². The number of amides is 1. The van der Waals surface area contributed by atoms with Crippen LogP contribution >= 0.6 is 23.2 Å². The lowest BCUT2D eigenvalue weighted by molar-refractivity contribution is -0.152. The van der Waals surface area contributed by atoms with Crippen LogP contribution in [0.4, 0.5) is 13.2 Å². The first-order valence-electron chi connectivity index (χ1n) is 12.6. The van der Waals surface area contributed by atoms with Crippen LogP contribution in [-0.4, -0.2) is 55.5 Å². The zero-order chi connectivity index (χ0) is 28.8. The Labute approximate surface area is 233 Å². The number of alkyl halides is 3. The van der Waals surface area contributed by atoms with Crippen LogP contribution < -0.4 is 0 Å². The molecule has 0 atom stereocenters. The van der Waals surface area contributed by atoms with Gasteiger partial charge in [-0.1, -0.05) is 36.5 Å². The van der Waals surface area contributed by atoms with E-state index >= 15 is 0 Å². The standard InChI is InChI=1S/C26H29Cl2F3N4O4/c1-24(6-3-7-24)14-34(13-19(36)20-17(27)11-32-12-18(20)28)22(37)16-10-33-35(21(16)26(29,30)31)15-4-8-25(2,9-5-15)23(38)39/h10-12,15H,3-9,13-14H2,1-2H3,(H,38,39). The fraction of sp³-hybridized carbons (Fsp3) is 0.577. The van der Waals surface area contributed by atoms with Gasteiger partial charge < -0.3 is 10.0 Å². The van der Waals surface area contributed by atoms with E-state index in [1.54, 1.807) is 6.92 Å². The van der Waals surface area contributed by atoms with Gasteiger partial charge in [-0.25, -0.2) is 0 Å². The molecule has 0 spiro atoms. The van der Waals surface area contributed by atoms with Gasteiger partial charge in [-0.3, -0.25) is 24.0 Å². The van der Waals surface area contributed by atoms with Gasteiger partial charge >= 0.3 is 12.1 Å². The summed E-state index contributed by atoms with van der Waals surface area (Å²) < 4.78 is 44.0. The molecule has 1 N–H and O–H groups in total. The molecular weight excluding hydrogens is 560 g/mol. The average molecular weight is 589 g/mol. The number of Topliss-reactive ketones (excluding diaryl/α,β-unsaturated/α-hetero) is 1. The van der Waals surface area contributed by atoms with E-state index in [0.717, 1.165) is 35.0 Å². The van der Waals surface area contributed by atoms with Crippen LogP contribution in [0.25, 0.3) is 0 Å². The molecule has 2 aliphatic rings. The first-order chi connectivity index (χ1) is 18.2. The Balaban J connectivity index is 1.67. The highest BCUT2D eigenvalue weighted by molar-refractivity contribution is 6.39. The topological polar surface area (TPSA) is 105 Å². The molecule has 8 nitrogen and oxygen atoms in total. The van der Waals surface area contributed by atoms with Gasteiger partial charge in [-0.05, 0) is 50.9 Å². The number of pyridine rings is 1. The van der Waals surface area contributed by atoms with Crippen LogP contribution in [0, 0.1) is 10.8 Å². The highest BCUT2D eigenvalue weighted by Crippen LogP contribution is 2.44. The summed E-state index contributed by atoms with van der Waals surface area (Å²) in [7, 11) is 0. The summed E-state index contributed by atoms with van der Waals surface area (Å²) in [5.41, 5.74) is -3.28. The SMILES string of the molecule is CC1(CN(CC(=O)c2c(Cl)cncc2Cl)C(=O)c2cnn(C3CCC(C)(C(=O)O)CC3)c2C(F)(F)F)CCC1. The third kappa shape index (κ3) is 5.94. The van der Waals surface area contributed by atoms with E-state index in [-0.39, 0.29) is 53.3 Å². The van der Waals surface area contributed by atoms with E-state index in [1.165, 1.54) is 12.4 Å². The maximum Gasteiger partial charge on any atom is 0.433 e. The molecular formula is C26H29Cl2F3N4O4. The number of rotatable bonds is 8. The van der Waals surface area contributed by atoms with E-state index in [9.17, 15) is 32.7 Å². The minimum atomic E-state index is -4.91. The van der Waals surface area contributed by atoms with Crippen molar-refractivity contribution < 1.29 is 32.7 Å². The number of carbonyl (C=O) groups is 3. The second-order valence-corrected chi connectivity index (χ2v) is 12.0. The molecule has 0 bridgehead atoms.